The number of alkyl halides is 3. The van der Waals surface area contributed by atoms with Crippen molar-refractivity contribution in [3.8, 4) is 0 Å². The molecule has 1 N–H and O–H groups in total. The molecule has 0 unspecified atom stereocenters. The van der Waals surface area contributed by atoms with Gasteiger partial charge in [-0.2, -0.15) is 0 Å². The van der Waals surface area contributed by atoms with Gasteiger partial charge in [0.05, 0.1) is 6.10 Å². The molecular weight excluding hydrogens is 355 g/mol. The van der Waals surface area contributed by atoms with Gasteiger partial charge in [-0.15, -0.1) is 23.4 Å². The van der Waals surface area contributed by atoms with Crippen molar-refractivity contribution in [1.82, 2.24) is 15.5 Å². The quantitative estimate of drug-likeness (QED) is 0.811. The first-order chi connectivity index (χ1) is 11.9. The first kappa shape index (κ1) is 20.2. The topological polar surface area (TPSA) is 86.5 Å². The number of hydrogen-bond acceptors (Lipinski definition) is 6. The number of amides is 1. The Balaban J connectivity index is 1.72. The summed E-state index contributed by atoms with van der Waals surface area (Å²) in [4.78, 5) is 11.6. The fraction of sp³-hybridized carbons (Fsp3) is 0.688. The highest BCUT2D eigenvalue weighted by Crippen LogP contribution is 2.40. The number of alkyl carbamates (subject to hydrolysis) is 1. The van der Waals surface area contributed by atoms with Crippen molar-refractivity contribution < 1.29 is 31.9 Å². The molecule has 0 bridgehead atoms. The average Bonchev–Trinajstić information content (AvgIpc) is 2.85. The number of ether oxygens (including phenoxy) is 2. The molecule has 0 atom stereocenters. The summed E-state index contributed by atoms with van der Waals surface area (Å²) in [5, 5.41) is 10.2. The number of nitrogens with zero attached hydrogens (tertiary/aromatic N) is 2. The van der Waals surface area contributed by atoms with Crippen LogP contribution in [0.2, 0.25) is 0 Å². The zero-order valence-electron chi connectivity index (χ0n) is 14.9. The standard InChI is InChI=1S/C16H22F3N3O4/c1-9(20-14(23)26-15(2,3)4)5-6-12-21-22-13(24-12)10-7-11(8-10)25-16(17,18)19/h10-11H,1,5-8H2,2-4H3,(H,20,23). The Bertz CT molecular complexity index is 646. The molecule has 2 rings (SSSR count). The van der Waals surface area contributed by atoms with Crippen LogP contribution in [0.15, 0.2) is 16.7 Å². The Kier molecular flexibility index (Phi) is 5.94. The van der Waals surface area contributed by atoms with Crippen molar-refractivity contribution in [3.05, 3.63) is 24.1 Å². The van der Waals surface area contributed by atoms with E-state index >= 15 is 0 Å². The molecule has 7 nitrogen and oxygen atoms in total. The second-order valence-electron chi connectivity index (χ2n) is 7.12. The Morgan fingerprint density at radius 1 is 1.31 bits per heavy atom. The van der Waals surface area contributed by atoms with E-state index in [2.05, 4.69) is 26.8 Å². The SMILES string of the molecule is C=C(CCc1nnc(C2CC(OC(F)(F)F)C2)o1)NC(=O)OC(C)(C)C. The van der Waals surface area contributed by atoms with Gasteiger partial charge in [-0.05, 0) is 40.0 Å². The van der Waals surface area contributed by atoms with E-state index in [1.165, 1.54) is 0 Å². The molecule has 10 heteroatoms. The molecular formula is C16H22F3N3O4. The Labute approximate surface area is 148 Å². The normalized spacial score (nSPS) is 20.4. The van der Waals surface area contributed by atoms with E-state index in [0.717, 1.165) is 0 Å². The van der Waals surface area contributed by atoms with E-state index in [-0.39, 0.29) is 18.8 Å². The molecule has 1 aliphatic carbocycles. The summed E-state index contributed by atoms with van der Waals surface area (Å²) in [6, 6.07) is 0. The summed E-state index contributed by atoms with van der Waals surface area (Å²) in [6.07, 6.45) is -5.01. The zero-order valence-corrected chi connectivity index (χ0v) is 14.9. The summed E-state index contributed by atoms with van der Waals surface area (Å²) in [5.74, 6) is 0.395. The summed E-state index contributed by atoms with van der Waals surface area (Å²) in [6.45, 7) is 8.98. The van der Waals surface area contributed by atoms with Crippen molar-refractivity contribution in [1.29, 1.82) is 0 Å². The molecule has 0 spiro atoms. The van der Waals surface area contributed by atoms with Crippen LogP contribution in [0, 0.1) is 0 Å². The van der Waals surface area contributed by atoms with Crippen molar-refractivity contribution in [2.75, 3.05) is 0 Å². The Morgan fingerprint density at radius 3 is 2.54 bits per heavy atom. The molecule has 146 valence electrons. The van der Waals surface area contributed by atoms with Crippen LogP contribution >= 0.6 is 0 Å². The number of carbonyl (C=O) groups is 1. The van der Waals surface area contributed by atoms with Gasteiger partial charge in [-0.25, -0.2) is 4.79 Å². The van der Waals surface area contributed by atoms with E-state index in [9.17, 15) is 18.0 Å². The fourth-order valence-electron chi connectivity index (χ4n) is 2.35. The van der Waals surface area contributed by atoms with Gasteiger partial charge in [0, 0.05) is 18.0 Å². The third-order valence-corrected chi connectivity index (χ3v) is 3.55. The Hall–Kier alpha value is -2.10. The molecule has 1 fully saturated rings. The molecule has 26 heavy (non-hydrogen) atoms. The van der Waals surface area contributed by atoms with Gasteiger partial charge in [-0.1, -0.05) is 6.58 Å². The minimum atomic E-state index is -4.63. The van der Waals surface area contributed by atoms with Crippen LogP contribution in [-0.4, -0.2) is 34.4 Å². The van der Waals surface area contributed by atoms with Crippen LogP contribution in [0.25, 0.3) is 0 Å². The number of allylic oxidation sites excluding steroid dienone is 1. The van der Waals surface area contributed by atoms with Crippen LogP contribution in [0.1, 0.15) is 57.7 Å². The minimum Gasteiger partial charge on any atom is -0.444 e. The van der Waals surface area contributed by atoms with Crippen molar-refractivity contribution in [3.63, 3.8) is 0 Å². The maximum atomic E-state index is 12.1. The van der Waals surface area contributed by atoms with Gasteiger partial charge < -0.3 is 9.15 Å². The van der Waals surface area contributed by atoms with Gasteiger partial charge in [-0.3, -0.25) is 10.1 Å². The molecule has 0 aliphatic heterocycles. The molecule has 0 saturated heterocycles. The molecule has 1 aliphatic rings. The average molecular weight is 377 g/mol. The first-order valence-electron chi connectivity index (χ1n) is 8.16. The highest BCUT2D eigenvalue weighted by atomic mass is 19.4. The van der Waals surface area contributed by atoms with Gasteiger partial charge in [0.25, 0.3) is 0 Å². The lowest BCUT2D eigenvalue weighted by Gasteiger charge is -2.32. The van der Waals surface area contributed by atoms with E-state index in [0.29, 0.717) is 30.3 Å². The molecule has 1 aromatic heterocycles. The monoisotopic (exact) mass is 377 g/mol. The predicted molar refractivity (Wildman–Crippen MR) is 84.0 cm³/mol. The van der Waals surface area contributed by atoms with Gasteiger partial charge >= 0.3 is 12.5 Å². The number of nitrogens with one attached hydrogen (secondary N) is 1. The van der Waals surface area contributed by atoms with Crippen molar-refractivity contribution in [2.24, 2.45) is 0 Å². The lowest BCUT2D eigenvalue weighted by molar-refractivity contribution is -0.352. The van der Waals surface area contributed by atoms with Gasteiger partial charge in [0.1, 0.15) is 5.60 Å². The highest BCUT2D eigenvalue weighted by molar-refractivity contribution is 5.69. The summed E-state index contributed by atoms with van der Waals surface area (Å²) in [5.41, 5.74) is -0.177. The van der Waals surface area contributed by atoms with Crippen LogP contribution in [0.3, 0.4) is 0 Å². The molecule has 0 aromatic carbocycles. The lowest BCUT2D eigenvalue weighted by Crippen LogP contribution is -2.34. The molecule has 0 radical (unpaired) electrons. The van der Waals surface area contributed by atoms with E-state index in [1.807, 2.05) is 0 Å². The minimum absolute atomic E-state index is 0.189. The van der Waals surface area contributed by atoms with Crippen LogP contribution < -0.4 is 5.32 Å². The molecule has 1 aromatic rings. The predicted octanol–water partition coefficient (Wildman–Crippen LogP) is 3.82. The van der Waals surface area contributed by atoms with Crippen LogP contribution in [0.4, 0.5) is 18.0 Å². The molecule has 1 saturated carbocycles. The number of carbonyl (C=O) groups excluding carboxylic acids is 1. The number of aromatic nitrogens is 2. The van der Waals surface area contributed by atoms with E-state index < -0.39 is 24.2 Å². The second kappa shape index (κ2) is 7.65. The van der Waals surface area contributed by atoms with E-state index in [1.54, 1.807) is 20.8 Å². The van der Waals surface area contributed by atoms with Crippen LogP contribution in [-0.2, 0) is 15.9 Å². The highest BCUT2D eigenvalue weighted by Gasteiger charge is 2.42. The van der Waals surface area contributed by atoms with Crippen LogP contribution in [0.5, 0.6) is 0 Å². The first-order valence-corrected chi connectivity index (χ1v) is 8.16. The zero-order chi connectivity index (χ0) is 19.5. The van der Waals surface area contributed by atoms with Gasteiger partial charge in [0.15, 0.2) is 0 Å². The fourth-order valence-corrected chi connectivity index (χ4v) is 2.35. The van der Waals surface area contributed by atoms with E-state index in [4.69, 9.17) is 9.15 Å². The largest absolute Gasteiger partial charge is 0.522 e. The van der Waals surface area contributed by atoms with Gasteiger partial charge in [0.2, 0.25) is 11.8 Å². The lowest BCUT2D eigenvalue weighted by atomic mass is 9.82. The smallest absolute Gasteiger partial charge is 0.444 e. The molecule has 1 heterocycles. The third-order valence-electron chi connectivity index (χ3n) is 3.55. The second-order valence-corrected chi connectivity index (χ2v) is 7.12. The summed E-state index contributed by atoms with van der Waals surface area (Å²) < 4.78 is 50.8. The summed E-state index contributed by atoms with van der Waals surface area (Å²) in [7, 11) is 0. The van der Waals surface area contributed by atoms with Crippen molar-refractivity contribution >= 4 is 6.09 Å². The maximum absolute atomic E-state index is 12.1. The number of rotatable bonds is 6. The number of halogens is 3. The number of hydrogen-bond donors (Lipinski definition) is 1. The third kappa shape index (κ3) is 6.66. The number of aryl methyl sites for hydroxylation is 1. The maximum Gasteiger partial charge on any atom is 0.522 e. The molecule has 1 amide bonds. The summed E-state index contributed by atoms with van der Waals surface area (Å²) >= 11 is 0. The van der Waals surface area contributed by atoms with Crippen molar-refractivity contribution in [2.45, 2.75) is 70.4 Å². The Morgan fingerprint density at radius 2 is 1.96 bits per heavy atom.